The summed E-state index contributed by atoms with van der Waals surface area (Å²) in [5.74, 6) is -2.28. The molecule has 0 aliphatic carbocycles. The highest BCUT2D eigenvalue weighted by atomic mass is 16.5. The van der Waals surface area contributed by atoms with Gasteiger partial charge in [-0.3, -0.25) is 9.59 Å². The van der Waals surface area contributed by atoms with Gasteiger partial charge in [0.1, 0.15) is 11.3 Å². The highest BCUT2D eigenvalue weighted by molar-refractivity contribution is 6.01. The van der Waals surface area contributed by atoms with Crippen molar-refractivity contribution >= 4 is 33.8 Å². The lowest BCUT2D eigenvalue weighted by atomic mass is 10.00. The number of aryl methyl sites for hydroxylation is 2. The predicted molar refractivity (Wildman–Crippen MR) is 102 cm³/mol. The Bertz CT molecular complexity index is 1230. The molecule has 0 unspecified atom stereocenters. The first kappa shape index (κ1) is 19.3. The Labute approximate surface area is 159 Å². The van der Waals surface area contributed by atoms with Crippen molar-refractivity contribution in [2.45, 2.75) is 33.2 Å². The molecule has 8 heteroatoms. The second kappa shape index (κ2) is 7.30. The number of esters is 1. The second-order valence-electron chi connectivity index (χ2n) is 6.29. The van der Waals surface area contributed by atoms with Gasteiger partial charge in [0.15, 0.2) is 10.9 Å². The third-order valence-electron chi connectivity index (χ3n) is 4.60. The minimum atomic E-state index is -1.23. The maximum atomic E-state index is 12.6. The molecule has 0 aliphatic rings. The number of aromatic carboxylic acids is 1. The molecular formula is C20H19NO7. The molecule has 0 atom stereocenters. The normalized spacial score (nSPS) is 11.1. The summed E-state index contributed by atoms with van der Waals surface area (Å²) in [5, 5.41) is 9.91. The molecule has 3 aromatic rings. The fourth-order valence-electron chi connectivity index (χ4n) is 3.43. The fraction of sp³-hybridized carbons (Fsp3) is 0.300. The van der Waals surface area contributed by atoms with Crippen molar-refractivity contribution in [1.29, 1.82) is 0 Å². The molecule has 0 fully saturated rings. The van der Waals surface area contributed by atoms with E-state index in [9.17, 15) is 24.3 Å². The van der Waals surface area contributed by atoms with Gasteiger partial charge in [0.2, 0.25) is 5.76 Å². The van der Waals surface area contributed by atoms with Crippen LogP contribution in [0.3, 0.4) is 0 Å². The van der Waals surface area contributed by atoms with E-state index >= 15 is 0 Å². The van der Waals surface area contributed by atoms with E-state index in [1.165, 1.54) is 17.7 Å². The van der Waals surface area contributed by atoms with Crippen LogP contribution in [0.2, 0.25) is 0 Å². The Morgan fingerprint density at radius 2 is 1.79 bits per heavy atom. The number of carbonyl (C=O) groups is 2. The summed E-state index contributed by atoms with van der Waals surface area (Å²) in [5.41, 5.74) is -0.0557. The summed E-state index contributed by atoms with van der Waals surface area (Å²) in [4.78, 5) is 48.7. The molecule has 28 heavy (non-hydrogen) atoms. The van der Waals surface area contributed by atoms with E-state index in [2.05, 4.69) is 4.74 Å². The maximum Gasteiger partial charge on any atom is 0.374 e. The SMILES string of the molecule is CCCc1c2oc(C(=O)OC)cc(=O)c2cc2c(=O)cc(C(=O)O)n(CC)c12. The van der Waals surface area contributed by atoms with Crippen LogP contribution in [-0.4, -0.2) is 28.7 Å². The molecule has 2 aromatic heterocycles. The molecule has 8 nitrogen and oxygen atoms in total. The Morgan fingerprint density at radius 1 is 1.11 bits per heavy atom. The van der Waals surface area contributed by atoms with Crippen LogP contribution < -0.4 is 10.9 Å². The van der Waals surface area contributed by atoms with Crippen molar-refractivity contribution in [3.8, 4) is 0 Å². The number of hydrogen-bond donors (Lipinski definition) is 1. The number of aromatic nitrogens is 1. The Hall–Kier alpha value is -3.42. The predicted octanol–water partition coefficient (Wildman–Crippen LogP) is 2.57. The molecule has 0 radical (unpaired) electrons. The van der Waals surface area contributed by atoms with Gasteiger partial charge in [-0.05, 0) is 19.4 Å². The first-order valence-corrected chi connectivity index (χ1v) is 8.82. The van der Waals surface area contributed by atoms with Gasteiger partial charge in [-0.2, -0.15) is 0 Å². The van der Waals surface area contributed by atoms with Crippen LogP contribution in [0.4, 0.5) is 0 Å². The summed E-state index contributed by atoms with van der Waals surface area (Å²) >= 11 is 0. The molecular weight excluding hydrogens is 366 g/mol. The number of carboxylic acids is 1. The molecule has 0 amide bonds. The van der Waals surface area contributed by atoms with Crippen molar-refractivity contribution in [2.75, 3.05) is 7.11 Å². The van der Waals surface area contributed by atoms with Gasteiger partial charge in [0.05, 0.1) is 18.0 Å². The van der Waals surface area contributed by atoms with Crippen LogP contribution in [0, 0.1) is 0 Å². The Morgan fingerprint density at radius 3 is 2.36 bits per heavy atom. The number of nitrogens with zero attached hydrogens (tertiary/aromatic N) is 1. The number of rotatable bonds is 5. The summed E-state index contributed by atoms with van der Waals surface area (Å²) in [6, 6.07) is 3.48. The smallest absolute Gasteiger partial charge is 0.374 e. The quantitative estimate of drug-likeness (QED) is 0.530. The number of hydrogen-bond acceptors (Lipinski definition) is 6. The molecule has 2 heterocycles. The van der Waals surface area contributed by atoms with Gasteiger partial charge in [-0.1, -0.05) is 13.3 Å². The van der Waals surface area contributed by atoms with Crippen LogP contribution in [0.1, 0.15) is 46.9 Å². The fourth-order valence-corrected chi connectivity index (χ4v) is 3.43. The molecule has 0 saturated heterocycles. The number of methoxy groups -OCH3 is 1. The number of fused-ring (bicyclic) bond motifs is 2. The Balaban J connectivity index is 2.62. The van der Waals surface area contributed by atoms with Crippen LogP contribution in [-0.2, 0) is 17.7 Å². The third kappa shape index (κ3) is 2.96. The summed E-state index contributed by atoms with van der Waals surface area (Å²) in [6.45, 7) is 3.96. The zero-order chi connectivity index (χ0) is 20.6. The Kier molecular flexibility index (Phi) is 5.04. The first-order valence-electron chi connectivity index (χ1n) is 8.82. The summed E-state index contributed by atoms with van der Waals surface area (Å²) < 4.78 is 11.8. The first-order chi connectivity index (χ1) is 13.3. The van der Waals surface area contributed by atoms with Crippen molar-refractivity contribution < 1.29 is 23.8 Å². The molecule has 3 rings (SSSR count). The van der Waals surface area contributed by atoms with E-state index in [0.717, 1.165) is 12.1 Å². The van der Waals surface area contributed by atoms with Gasteiger partial charge in [0.25, 0.3) is 0 Å². The lowest BCUT2D eigenvalue weighted by Crippen LogP contribution is -2.19. The molecule has 1 aromatic carbocycles. The maximum absolute atomic E-state index is 12.6. The minimum absolute atomic E-state index is 0.150. The number of ether oxygens (including phenoxy) is 1. The van der Waals surface area contributed by atoms with Gasteiger partial charge < -0.3 is 18.8 Å². The lowest BCUT2D eigenvalue weighted by Gasteiger charge is -2.17. The highest BCUT2D eigenvalue weighted by Gasteiger charge is 2.22. The van der Waals surface area contributed by atoms with Gasteiger partial charge in [-0.25, -0.2) is 9.59 Å². The number of carbonyl (C=O) groups excluding carboxylic acids is 1. The van der Waals surface area contributed by atoms with Crippen LogP contribution in [0.15, 0.2) is 32.2 Å². The molecule has 0 spiro atoms. The lowest BCUT2D eigenvalue weighted by molar-refractivity contribution is 0.0565. The van der Waals surface area contributed by atoms with Crippen molar-refractivity contribution in [3.05, 3.63) is 55.7 Å². The zero-order valence-corrected chi connectivity index (χ0v) is 15.7. The average molecular weight is 385 g/mol. The van der Waals surface area contributed by atoms with E-state index in [0.29, 0.717) is 30.5 Å². The third-order valence-corrected chi connectivity index (χ3v) is 4.60. The topological polar surface area (TPSA) is 116 Å². The van der Waals surface area contributed by atoms with Gasteiger partial charge in [-0.15, -0.1) is 0 Å². The van der Waals surface area contributed by atoms with Crippen LogP contribution in [0.25, 0.3) is 21.9 Å². The van der Waals surface area contributed by atoms with Crippen LogP contribution in [0.5, 0.6) is 0 Å². The summed E-state index contributed by atoms with van der Waals surface area (Å²) in [6.07, 6.45) is 1.07. The molecule has 146 valence electrons. The second-order valence-corrected chi connectivity index (χ2v) is 6.29. The summed E-state index contributed by atoms with van der Waals surface area (Å²) in [7, 11) is 1.17. The largest absolute Gasteiger partial charge is 0.477 e. The molecule has 1 N–H and O–H groups in total. The zero-order valence-electron chi connectivity index (χ0n) is 15.7. The van der Waals surface area contributed by atoms with Gasteiger partial charge >= 0.3 is 11.9 Å². The number of benzene rings is 1. The van der Waals surface area contributed by atoms with Crippen molar-refractivity contribution in [1.82, 2.24) is 4.57 Å². The monoisotopic (exact) mass is 385 g/mol. The minimum Gasteiger partial charge on any atom is -0.477 e. The van der Waals surface area contributed by atoms with Crippen molar-refractivity contribution in [3.63, 3.8) is 0 Å². The highest BCUT2D eigenvalue weighted by Crippen LogP contribution is 2.28. The van der Waals surface area contributed by atoms with E-state index in [-0.39, 0.29) is 27.8 Å². The van der Waals surface area contributed by atoms with E-state index in [1.807, 2.05) is 6.92 Å². The average Bonchev–Trinajstić information content (AvgIpc) is 2.67. The molecule has 0 aliphatic heterocycles. The van der Waals surface area contributed by atoms with Crippen LogP contribution >= 0.6 is 0 Å². The van der Waals surface area contributed by atoms with Gasteiger partial charge in [0, 0.05) is 29.6 Å². The van der Waals surface area contributed by atoms with E-state index < -0.39 is 22.8 Å². The van der Waals surface area contributed by atoms with Crippen molar-refractivity contribution in [2.24, 2.45) is 0 Å². The van der Waals surface area contributed by atoms with E-state index in [1.54, 1.807) is 6.92 Å². The number of pyridine rings is 1. The number of carboxylic acid groups (broad SMARTS) is 1. The molecule has 0 saturated carbocycles. The van der Waals surface area contributed by atoms with E-state index in [4.69, 9.17) is 4.42 Å². The standard InChI is InChI=1S/C20H19NO7/c1-4-6-10-17-11(14(22)8-13(19(24)25)21(17)5-2)7-12-15(23)9-16(20(26)27-3)28-18(10)12/h7-9H,4-6H2,1-3H3,(H,24,25). The molecule has 0 bridgehead atoms.